The summed E-state index contributed by atoms with van der Waals surface area (Å²) in [6.45, 7) is 1.27. The monoisotopic (exact) mass is 106 g/mol. The maximum Gasteiger partial charge on any atom is 0.178 e. The summed E-state index contributed by atoms with van der Waals surface area (Å²) in [5.74, 6) is 0. The van der Waals surface area contributed by atoms with Crippen LogP contribution in [0.15, 0.2) is 0 Å². The van der Waals surface area contributed by atoms with Gasteiger partial charge in [0.2, 0.25) is 0 Å². The van der Waals surface area contributed by atoms with Gasteiger partial charge in [0, 0.05) is 0 Å². The molecule has 0 fully saturated rings. The number of hydrazine groups is 1. The Hall–Kier alpha value is -0.840. The number of rotatable bonds is 2. The van der Waals surface area contributed by atoms with Crippen molar-refractivity contribution in [3.63, 3.8) is 0 Å². The van der Waals surface area contributed by atoms with Crippen molar-refractivity contribution in [2.45, 2.75) is 13.2 Å². The predicted octanol–water partition coefficient (Wildman–Crippen LogP) is -0.894. The molecule has 0 aliphatic carbocycles. The normalized spacial score (nSPS) is 12.9. The Bertz CT molecular complexity index is 71.3. The minimum Gasteiger partial charge on any atom is -0.369 e. The first-order valence-electron chi connectivity index (χ1n) is 1.71. The Kier molecular flexibility index (Phi) is 2.07. The highest BCUT2D eigenvalue weighted by molar-refractivity contribution is 4.23. The number of nitrogens with one attached hydrogen (secondary N) is 1. The van der Waals surface area contributed by atoms with Crippen LogP contribution in [0.25, 0.3) is 0 Å². The van der Waals surface area contributed by atoms with Gasteiger partial charge in [-0.3, -0.25) is 0 Å². The van der Waals surface area contributed by atoms with Crippen molar-refractivity contribution in [1.29, 1.82) is 0 Å². The molecule has 0 saturated heterocycles. The average Bonchev–Trinajstić information content (AvgIpc) is 1.27. The molecule has 0 rings (SSSR count). The van der Waals surface area contributed by atoms with Crippen LogP contribution in [0.5, 0.6) is 0 Å². The molecule has 42 valence electrons. The maximum absolute atomic E-state index is 9.34. The van der Waals surface area contributed by atoms with E-state index in [1.54, 1.807) is 5.43 Å². The standard InChI is InChI=1S/C2H6N2O3/c1-2(5)3-4(6)7/h2-3,5H,1H3. The van der Waals surface area contributed by atoms with Crippen molar-refractivity contribution in [2.75, 3.05) is 0 Å². The molecule has 0 spiro atoms. The number of aliphatic hydroxyl groups excluding tert-OH is 1. The lowest BCUT2D eigenvalue weighted by molar-refractivity contribution is -0.559. The van der Waals surface area contributed by atoms with Gasteiger partial charge in [-0.05, 0) is 6.92 Å². The van der Waals surface area contributed by atoms with Gasteiger partial charge in [-0.15, -0.1) is 5.43 Å². The third kappa shape index (κ3) is 5.16. The summed E-state index contributed by atoms with van der Waals surface area (Å²) >= 11 is 0. The highest BCUT2D eigenvalue weighted by Crippen LogP contribution is 1.66. The Morgan fingerprint density at radius 2 is 2.43 bits per heavy atom. The highest BCUT2D eigenvalue weighted by Gasteiger charge is 1.96. The second-order valence-corrected chi connectivity index (χ2v) is 1.06. The zero-order valence-corrected chi connectivity index (χ0v) is 3.79. The van der Waals surface area contributed by atoms with Gasteiger partial charge in [-0.25, -0.2) is 10.1 Å². The zero-order chi connectivity index (χ0) is 5.86. The maximum atomic E-state index is 9.34. The molecule has 0 bridgehead atoms. The van der Waals surface area contributed by atoms with E-state index in [1.807, 2.05) is 0 Å². The van der Waals surface area contributed by atoms with Crippen LogP contribution >= 0.6 is 0 Å². The van der Waals surface area contributed by atoms with Crippen molar-refractivity contribution in [2.24, 2.45) is 0 Å². The molecule has 1 unspecified atom stereocenters. The average molecular weight is 106 g/mol. The zero-order valence-electron chi connectivity index (χ0n) is 3.79. The Balaban J connectivity index is 3.13. The summed E-state index contributed by atoms with van der Waals surface area (Å²) in [7, 11) is 0. The van der Waals surface area contributed by atoms with Gasteiger partial charge in [0.05, 0.1) is 0 Å². The highest BCUT2D eigenvalue weighted by atomic mass is 16.7. The van der Waals surface area contributed by atoms with Crippen LogP contribution in [0.1, 0.15) is 6.92 Å². The first kappa shape index (κ1) is 6.16. The summed E-state index contributed by atoms with van der Waals surface area (Å²) in [5.41, 5.74) is 1.58. The predicted molar refractivity (Wildman–Crippen MR) is 21.8 cm³/mol. The summed E-state index contributed by atoms with van der Waals surface area (Å²) in [4.78, 5) is 9.34. The lowest BCUT2D eigenvalue weighted by Gasteiger charge is -1.95. The van der Waals surface area contributed by atoms with Crippen molar-refractivity contribution in [3.8, 4) is 0 Å². The summed E-state index contributed by atoms with van der Waals surface area (Å²) in [6, 6.07) is 0. The van der Waals surface area contributed by atoms with Gasteiger partial charge < -0.3 is 5.11 Å². The lowest BCUT2D eigenvalue weighted by Crippen LogP contribution is -2.30. The van der Waals surface area contributed by atoms with E-state index in [9.17, 15) is 10.1 Å². The molecule has 0 saturated carbocycles. The third-order valence-corrected chi connectivity index (χ3v) is 0.292. The van der Waals surface area contributed by atoms with E-state index in [1.165, 1.54) is 6.92 Å². The minimum atomic E-state index is -1.07. The van der Waals surface area contributed by atoms with E-state index < -0.39 is 11.3 Å². The number of nitro groups is 1. The molecule has 0 aromatic carbocycles. The van der Waals surface area contributed by atoms with Crippen LogP contribution in [-0.2, 0) is 0 Å². The van der Waals surface area contributed by atoms with Crippen LogP contribution in [0.2, 0.25) is 0 Å². The molecule has 5 heteroatoms. The number of hydrogen-bond donors (Lipinski definition) is 2. The van der Waals surface area contributed by atoms with Crippen molar-refractivity contribution < 1.29 is 10.1 Å². The van der Waals surface area contributed by atoms with Gasteiger partial charge in [-0.2, -0.15) is 0 Å². The fraction of sp³-hybridized carbons (Fsp3) is 1.00. The van der Waals surface area contributed by atoms with Crippen molar-refractivity contribution in [1.82, 2.24) is 5.43 Å². The van der Waals surface area contributed by atoms with E-state index in [0.717, 1.165) is 0 Å². The molecule has 7 heavy (non-hydrogen) atoms. The first-order valence-corrected chi connectivity index (χ1v) is 1.71. The van der Waals surface area contributed by atoms with E-state index in [2.05, 4.69) is 0 Å². The molecule has 5 nitrogen and oxygen atoms in total. The third-order valence-electron chi connectivity index (χ3n) is 0.292. The Morgan fingerprint density at radius 3 is 2.43 bits per heavy atom. The van der Waals surface area contributed by atoms with Crippen LogP contribution < -0.4 is 5.43 Å². The minimum absolute atomic E-state index is 0.801. The van der Waals surface area contributed by atoms with E-state index >= 15 is 0 Å². The number of nitrogens with zero attached hydrogens (tertiary/aromatic N) is 1. The largest absolute Gasteiger partial charge is 0.369 e. The Morgan fingerprint density at radius 1 is 2.00 bits per heavy atom. The second-order valence-electron chi connectivity index (χ2n) is 1.06. The van der Waals surface area contributed by atoms with Gasteiger partial charge in [-0.1, -0.05) is 0 Å². The molecule has 0 aliphatic rings. The molecule has 0 aromatic rings. The first-order chi connectivity index (χ1) is 3.13. The van der Waals surface area contributed by atoms with Crippen LogP contribution in [0.3, 0.4) is 0 Å². The number of aliphatic hydroxyl groups is 1. The fourth-order valence-electron chi connectivity index (χ4n) is 0.153. The summed E-state index contributed by atoms with van der Waals surface area (Å²) < 4.78 is 0. The smallest absolute Gasteiger partial charge is 0.178 e. The quantitative estimate of drug-likeness (QED) is 0.272. The SMILES string of the molecule is CC(O)N[N+](=O)[O-]. The molecule has 0 aliphatic heterocycles. The van der Waals surface area contributed by atoms with Crippen molar-refractivity contribution >= 4 is 0 Å². The van der Waals surface area contributed by atoms with E-state index in [-0.39, 0.29) is 0 Å². The number of hydrogen-bond acceptors (Lipinski definition) is 3. The van der Waals surface area contributed by atoms with Crippen molar-refractivity contribution in [3.05, 3.63) is 10.1 Å². The fourth-order valence-corrected chi connectivity index (χ4v) is 0.153. The van der Waals surface area contributed by atoms with Gasteiger partial charge >= 0.3 is 0 Å². The molecular formula is C2H6N2O3. The molecule has 1 atom stereocenters. The molecule has 0 radical (unpaired) electrons. The molecule has 2 N–H and O–H groups in total. The molecule has 0 heterocycles. The lowest BCUT2D eigenvalue weighted by atomic mass is 10.7. The molecular weight excluding hydrogens is 100 g/mol. The summed E-state index contributed by atoms with van der Waals surface area (Å²) in [5, 5.41) is 16.7. The van der Waals surface area contributed by atoms with Gasteiger partial charge in [0.25, 0.3) is 0 Å². The van der Waals surface area contributed by atoms with E-state index in [4.69, 9.17) is 5.11 Å². The Labute approximate surface area is 40.1 Å². The molecule has 0 amide bonds. The van der Waals surface area contributed by atoms with Gasteiger partial charge in [0.15, 0.2) is 11.3 Å². The van der Waals surface area contributed by atoms with E-state index in [0.29, 0.717) is 0 Å². The topological polar surface area (TPSA) is 75.4 Å². The van der Waals surface area contributed by atoms with Crippen LogP contribution in [0, 0.1) is 10.1 Å². The second kappa shape index (κ2) is 2.35. The van der Waals surface area contributed by atoms with Gasteiger partial charge in [0.1, 0.15) is 0 Å². The van der Waals surface area contributed by atoms with Crippen LogP contribution in [0.4, 0.5) is 0 Å². The van der Waals surface area contributed by atoms with Crippen LogP contribution in [-0.4, -0.2) is 16.4 Å². The summed E-state index contributed by atoms with van der Waals surface area (Å²) in [6.07, 6.45) is -1.07. The molecule has 0 aromatic heterocycles.